The van der Waals surface area contributed by atoms with Crippen molar-refractivity contribution in [2.75, 3.05) is 0 Å². The number of aryl methyl sites for hydroxylation is 2. The van der Waals surface area contributed by atoms with Crippen molar-refractivity contribution in [3.63, 3.8) is 0 Å². The lowest BCUT2D eigenvalue weighted by molar-refractivity contribution is 0.275. The summed E-state index contributed by atoms with van der Waals surface area (Å²) < 4.78 is 0. The van der Waals surface area contributed by atoms with Gasteiger partial charge in [0, 0.05) is 19.6 Å². The Morgan fingerprint density at radius 1 is 1.00 bits per heavy atom. The van der Waals surface area contributed by atoms with E-state index in [1.54, 1.807) is 11.1 Å². The van der Waals surface area contributed by atoms with Gasteiger partial charge in [-0.15, -0.1) is 0 Å². The minimum absolute atomic E-state index is 1.05. The van der Waals surface area contributed by atoms with Gasteiger partial charge in [-0.1, -0.05) is 55.8 Å². The van der Waals surface area contributed by atoms with Gasteiger partial charge in [0.2, 0.25) is 0 Å². The number of rotatable bonds is 5. The summed E-state index contributed by atoms with van der Waals surface area (Å²) in [5.41, 5.74) is 7.51. The maximum Gasteiger partial charge on any atom is 0.0244 e. The summed E-state index contributed by atoms with van der Waals surface area (Å²) in [6, 6.07) is 15.7. The molecule has 1 nitrogen and oxygen atoms in total. The molecule has 2 aromatic rings. The fraction of sp³-hybridized carbons (Fsp3) is 0.400. The predicted molar refractivity (Wildman–Crippen MR) is 89.2 cm³/mol. The lowest BCUT2D eigenvalue weighted by Crippen LogP contribution is -2.15. The molecule has 1 aliphatic heterocycles. The molecule has 0 spiro atoms. The van der Waals surface area contributed by atoms with Crippen LogP contribution in [0.2, 0.25) is 0 Å². The molecule has 1 aliphatic rings. The maximum absolute atomic E-state index is 2.54. The van der Waals surface area contributed by atoms with E-state index < -0.39 is 0 Å². The molecule has 0 radical (unpaired) electrons. The zero-order valence-electron chi connectivity index (χ0n) is 13.2. The Morgan fingerprint density at radius 2 is 1.71 bits per heavy atom. The SMILES string of the molecule is CCCCc1cc2c(cc1C)CN(Cc1ccccc1)C2. The van der Waals surface area contributed by atoms with Crippen LogP contribution in [0.3, 0.4) is 0 Å². The van der Waals surface area contributed by atoms with E-state index in [0.29, 0.717) is 0 Å². The van der Waals surface area contributed by atoms with Crippen LogP contribution in [0.4, 0.5) is 0 Å². The fourth-order valence-corrected chi connectivity index (χ4v) is 3.29. The lowest BCUT2D eigenvalue weighted by Gasteiger charge is -2.14. The highest BCUT2D eigenvalue weighted by molar-refractivity contribution is 5.40. The molecule has 0 aliphatic carbocycles. The van der Waals surface area contributed by atoms with E-state index in [4.69, 9.17) is 0 Å². The molecule has 0 N–H and O–H groups in total. The standard InChI is InChI=1S/C20H25N/c1-3-4-10-18-12-20-15-21(14-19(20)11-16(18)2)13-17-8-6-5-7-9-17/h5-9,11-12H,3-4,10,13-15H2,1-2H3. The molecular weight excluding hydrogens is 254 g/mol. The van der Waals surface area contributed by atoms with Crippen LogP contribution < -0.4 is 0 Å². The molecule has 0 amide bonds. The molecule has 0 saturated heterocycles. The van der Waals surface area contributed by atoms with E-state index in [2.05, 4.69) is 61.2 Å². The molecule has 0 unspecified atom stereocenters. The first-order valence-corrected chi connectivity index (χ1v) is 8.14. The molecule has 110 valence electrons. The number of hydrogen-bond donors (Lipinski definition) is 0. The van der Waals surface area contributed by atoms with E-state index in [1.807, 2.05) is 0 Å². The maximum atomic E-state index is 2.54. The van der Waals surface area contributed by atoms with Crippen LogP contribution in [0.15, 0.2) is 42.5 Å². The zero-order chi connectivity index (χ0) is 14.7. The average molecular weight is 279 g/mol. The van der Waals surface area contributed by atoms with E-state index in [1.165, 1.54) is 36.0 Å². The monoisotopic (exact) mass is 279 g/mol. The van der Waals surface area contributed by atoms with Crippen molar-refractivity contribution in [2.45, 2.75) is 52.7 Å². The third-order valence-corrected chi connectivity index (χ3v) is 4.49. The Bertz CT molecular complexity index is 601. The van der Waals surface area contributed by atoms with Gasteiger partial charge in [0.25, 0.3) is 0 Å². The minimum Gasteiger partial charge on any atom is -0.291 e. The van der Waals surface area contributed by atoms with Crippen molar-refractivity contribution in [1.29, 1.82) is 0 Å². The second kappa shape index (κ2) is 6.44. The van der Waals surface area contributed by atoms with Gasteiger partial charge in [0.05, 0.1) is 0 Å². The summed E-state index contributed by atoms with van der Waals surface area (Å²) in [4.78, 5) is 2.54. The molecule has 2 aromatic carbocycles. The first-order chi connectivity index (χ1) is 10.3. The molecule has 1 heterocycles. The minimum atomic E-state index is 1.05. The summed E-state index contributed by atoms with van der Waals surface area (Å²) in [6.07, 6.45) is 3.80. The summed E-state index contributed by atoms with van der Waals surface area (Å²) in [6.45, 7) is 7.79. The molecule has 0 aromatic heterocycles. The Hall–Kier alpha value is -1.60. The van der Waals surface area contributed by atoms with Crippen LogP contribution in [0.1, 0.15) is 47.6 Å². The second-order valence-corrected chi connectivity index (χ2v) is 6.28. The van der Waals surface area contributed by atoms with Crippen LogP contribution in [0, 0.1) is 6.92 Å². The number of benzene rings is 2. The normalized spacial score (nSPS) is 14.4. The topological polar surface area (TPSA) is 3.24 Å². The van der Waals surface area contributed by atoms with Crippen molar-refractivity contribution in [1.82, 2.24) is 4.90 Å². The number of fused-ring (bicyclic) bond motifs is 1. The number of unbranched alkanes of at least 4 members (excludes halogenated alkanes) is 1. The van der Waals surface area contributed by atoms with Crippen molar-refractivity contribution in [2.24, 2.45) is 0 Å². The predicted octanol–water partition coefficient (Wildman–Crippen LogP) is 4.85. The van der Waals surface area contributed by atoms with Gasteiger partial charge < -0.3 is 0 Å². The highest BCUT2D eigenvalue weighted by atomic mass is 15.1. The number of nitrogens with zero attached hydrogens (tertiary/aromatic N) is 1. The Balaban J connectivity index is 1.72. The van der Waals surface area contributed by atoms with Crippen molar-refractivity contribution in [3.8, 4) is 0 Å². The summed E-state index contributed by atoms with van der Waals surface area (Å²) in [5.74, 6) is 0. The average Bonchev–Trinajstić information content (AvgIpc) is 2.87. The smallest absolute Gasteiger partial charge is 0.0244 e. The molecule has 0 atom stereocenters. The summed E-state index contributed by atoms with van der Waals surface area (Å²) >= 11 is 0. The van der Waals surface area contributed by atoms with Gasteiger partial charge in [-0.3, -0.25) is 4.90 Å². The van der Waals surface area contributed by atoms with Gasteiger partial charge in [-0.05, 0) is 47.6 Å². The molecule has 3 rings (SSSR count). The lowest BCUT2D eigenvalue weighted by atomic mass is 9.97. The van der Waals surface area contributed by atoms with Gasteiger partial charge in [0.15, 0.2) is 0 Å². The number of hydrogen-bond acceptors (Lipinski definition) is 1. The zero-order valence-corrected chi connectivity index (χ0v) is 13.2. The van der Waals surface area contributed by atoms with Crippen LogP contribution >= 0.6 is 0 Å². The highest BCUT2D eigenvalue weighted by Crippen LogP contribution is 2.28. The Labute approximate surface area is 128 Å². The van der Waals surface area contributed by atoms with E-state index in [0.717, 1.165) is 19.6 Å². The van der Waals surface area contributed by atoms with Gasteiger partial charge >= 0.3 is 0 Å². The van der Waals surface area contributed by atoms with Crippen LogP contribution in [-0.2, 0) is 26.1 Å². The fourth-order valence-electron chi connectivity index (χ4n) is 3.29. The summed E-state index contributed by atoms with van der Waals surface area (Å²) in [7, 11) is 0. The third-order valence-electron chi connectivity index (χ3n) is 4.49. The quantitative estimate of drug-likeness (QED) is 0.756. The molecule has 0 bridgehead atoms. The van der Waals surface area contributed by atoms with E-state index in [-0.39, 0.29) is 0 Å². The van der Waals surface area contributed by atoms with Gasteiger partial charge in [-0.2, -0.15) is 0 Å². The van der Waals surface area contributed by atoms with Gasteiger partial charge in [-0.25, -0.2) is 0 Å². The van der Waals surface area contributed by atoms with E-state index >= 15 is 0 Å². The van der Waals surface area contributed by atoms with E-state index in [9.17, 15) is 0 Å². The molecule has 0 saturated carbocycles. The Morgan fingerprint density at radius 3 is 2.43 bits per heavy atom. The van der Waals surface area contributed by atoms with Crippen molar-refractivity contribution >= 4 is 0 Å². The van der Waals surface area contributed by atoms with Crippen LogP contribution in [0.5, 0.6) is 0 Å². The second-order valence-electron chi connectivity index (χ2n) is 6.28. The third kappa shape index (κ3) is 3.36. The van der Waals surface area contributed by atoms with Crippen LogP contribution in [-0.4, -0.2) is 4.90 Å². The molecular formula is C20H25N. The van der Waals surface area contributed by atoms with Crippen molar-refractivity contribution < 1.29 is 0 Å². The first-order valence-electron chi connectivity index (χ1n) is 8.14. The Kier molecular flexibility index (Phi) is 4.40. The largest absolute Gasteiger partial charge is 0.291 e. The van der Waals surface area contributed by atoms with Gasteiger partial charge in [0.1, 0.15) is 0 Å². The molecule has 0 fully saturated rings. The molecule has 1 heteroatoms. The molecule has 21 heavy (non-hydrogen) atoms. The van der Waals surface area contributed by atoms with Crippen LogP contribution in [0.25, 0.3) is 0 Å². The summed E-state index contributed by atoms with van der Waals surface area (Å²) in [5, 5.41) is 0. The highest BCUT2D eigenvalue weighted by Gasteiger charge is 2.20. The first kappa shape index (κ1) is 14.3. The van der Waals surface area contributed by atoms with Crippen molar-refractivity contribution in [3.05, 3.63) is 70.3 Å².